The average molecular weight is 511 g/mol. The van der Waals surface area contributed by atoms with Crippen molar-refractivity contribution in [1.29, 1.82) is 0 Å². The Labute approximate surface area is 213 Å². The molecule has 1 fully saturated rings. The Morgan fingerprint density at radius 3 is 1.78 bits per heavy atom. The van der Waals surface area contributed by atoms with Crippen molar-refractivity contribution >= 4 is 23.2 Å². The van der Waals surface area contributed by atoms with E-state index in [-0.39, 0.29) is 17.5 Å². The van der Waals surface area contributed by atoms with Gasteiger partial charge in [0, 0.05) is 24.7 Å². The minimum absolute atomic E-state index is 0.0112. The Morgan fingerprint density at radius 2 is 1.31 bits per heavy atom. The number of aliphatic hydroxyl groups is 3. The number of carbonyl (C=O) groups is 2. The van der Waals surface area contributed by atoms with E-state index in [4.69, 9.17) is 21.1 Å². The van der Waals surface area contributed by atoms with E-state index >= 15 is 0 Å². The molecule has 1 heterocycles. The molecule has 0 radical (unpaired) electrons. The van der Waals surface area contributed by atoms with Gasteiger partial charge in [0.15, 0.2) is 17.7 Å². The summed E-state index contributed by atoms with van der Waals surface area (Å²) in [4.78, 5) is 27.5. The maximum atomic E-state index is 13.8. The van der Waals surface area contributed by atoms with Crippen LogP contribution in [0.1, 0.15) is 26.3 Å². The molecular formula is C28H27ClO7. The lowest BCUT2D eigenvalue weighted by Crippen LogP contribution is -2.79. The first-order valence-electron chi connectivity index (χ1n) is 11.4. The zero-order valence-corrected chi connectivity index (χ0v) is 20.3. The van der Waals surface area contributed by atoms with Gasteiger partial charge >= 0.3 is 0 Å². The van der Waals surface area contributed by atoms with Gasteiger partial charge in [-0.2, -0.15) is 0 Å². The summed E-state index contributed by atoms with van der Waals surface area (Å²) in [5.74, 6) is -2.01. The van der Waals surface area contributed by atoms with Crippen molar-refractivity contribution in [1.82, 2.24) is 0 Å². The first-order chi connectivity index (χ1) is 17.2. The standard InChI is InChI=1S/C28H27ClO7/c1-35-26-28(34,25(32)20-15-9-4-10-16-20)27(33,24(31)19-13-7-3-8-14-19)23(29)22(36-26)21(30)17-18-11-5-2-6-12-18/h2-16,21-23,26,30,33-34H,17H2,1H3/t21?,22-,23+,26+,27-,28+/m1/s1. The molecule has 1 aliphatic rings. The number of ether oxygens (including phenoxy) is 2. The number of rotatable bonds is 8. The molecule has 0 amide bonds. The highest BCUT2D eigenvalue weighted by Crippen LogP contribution is 2.46. The van der Waals surface area contributed by atoms with Crippen molar-refractivity contribution in [3.05, 3.63) is 108 Å². The molecule has 1 saturated heterocycles. The van der Waals surface area contributed by atoms with Gasteiger partial charge in [-0.15, -0.1) is 11.6 Å². The molecule has 3 aromatic rings. The van der Waals surface area contributed by atoms with E-state index in [9.17, 15) is 24.9 Å². The highest BCUT2D eigenvalue weighted by Gasteiger charge is 2.72. The SMILES string of the molecule is CO[C@H]1O[C@H](C(O)Cc2ccccc2)[C@H](Cl)[C@@](O)(C(=O)c2ccccc2)[C@]1(O)C(=O)c1ccccc1. The second kappa shape index (κ2) is 10.6. The van der Waals surface area contributed by atoms with Gasteiger partial charge in [0.2, 0.25) is 11.4 Å². The molecule has 0 bridgehead atoms. The quantitative estimate of drug-likeness (QED) is 0.315. The Bertz CT molecular complexity index is 1190. The lowest BCUT2D eigenvalue weighted by atomic mass is 9.67. The number of Topliss-reactive ketones (excluding diaryl/α,β-unsaturated/α-hetero) is 2. The normalized spacial score (nSPS) is 28.9. The third kappa shape index (κ3) is 4.39. The summed E-state index contributed by atoms with van der Waals surface area (Å²) in [5, 5.41) is 33.3. The fourth-order valence-electron chi connectivity index (χ4n) is 4.62. The first-order valence-corrected chi connectivity index (χ1v) is 11.9. The number of hydrogen-bond donors (Lipinski definition) is 3. The third-order valence-corrected chi connectivity index (χ3v) is 7.10. The summed E-state index contributed by atoms with van der Waals surface area (Å²) >= 11 is 6.71. The average Bonchev–Trinajstić information content (AvgIpc) is 2.92. The third-order valence-electron chi connectivity index (χ3n) is 6.54. The molecule has 0 spiro atoms. The summed E-state index contributed by atoms with van der Waals surface area (Å²) < 4.78 is 11.2. The predicted molar refractivity (Wildman–Crippen MR) is 133 cm³/mol. The van der Waals surface area contributed by atoms with E-state index in [1.165, 1.54) is 24.3 Å². The van der Waals surface area contributed by atoms with Gasteiger partial charge in [-0.25, -0.2) is 0 Å². The highest BCUT2D eigenvalue weighted by molar-refractivity contribution is 6.27. The van der Waals surface area contributed by atoms with Crippen LogP contribution in [0.5, 0.6) is 0 Å². The summed E-state index contributed by atoms with van der Waals surface area (Å²) in [7, 11) is 1.16. The predicted octanol–water partition coefficient (Wildman–Crippen LogP) is 2.80. The van der Waals surface area contributed by atoms with Crippen LogP contribution in [0.25, 0.3) is 0 Å². The number of benzene rings is 3. The largest absolute Gasteiger partial charge is 0.390 e. The fourth-order valence-corrected chi connectivity index (χ4v) is 5.11. The Kier molecular flexibility index (Phi) is 7.70. The maximum Gasteiger partial charge on any atom is 0.216 e. The van der Waals surface area contributed by atoms with E-state index in [0.717, 1.165) is 12.7 Å². The lowest BCUT2D eigenvalue weighted by molar-refractivity contribution is -0.310. The van der Waals surface area contributed by atoms with Crippen molar-refractivity contribution in [2.24, 2.45) is 0 Å². The van der Waals surface area contributed by atoms with Crippen molar-refractivity contribution in [3.63, 3.8) is 0 Å². The molecule has 0 aromatic heterocycles. The summed E-state index contributed by atoms with van der Waals surface area (Å²) in [5.41, 5.74) is -5.09. The lowest BCUT2D eigenvalue weighted by Gasteiger charge is -2.53. The summed E-state index contributed by atoms with van der Waals surface area (Å²) in [6.45, 7) is 0. The Balaban J connectivity index is 1.83. The monoisotopic (exact) mass is 510 g/mol. The van der Waals surface area contributed by atoms with E-state index in [2.05, 4.69) is 0 Å². The number of aliphatic hydroxyl groups excluding tert-OH is 1. The van der Waals surface area contributed by atoms with Crippen LogP contribution in [0.15, 0.2) is 91.0 Å². The van der Waals surface area contributed by atoms with Crippen molar-refractivity contribution < 1.29 is 34.4 Å². The topological polar surface area (TPSA) is 113 Å². The zero-order valence-electron chi connectivity index (χ0n) is 19.5. The molecule has 6 atom stereocenters. The van der Waals surface area contributed by atoms with Gasteiger partial charge in [0.05, 0.1) is 6.10 Å². The molecule has 1 aliphatic heterocycles. The number of carbonyl (C=O) groups excluding carboxylic acids is 2. The Morgan fingerprint density at radius 1 is 0.861 bits per heavy atom. The first kappa shape index (κ1) is 26.2. The fraction of sp³-hybridized carbons (Fsp3) is 0.286. The molecule has 36 heavy (non-hydrogen) atoms. The minimum Gasteiger partial charge on any atom is -0.390 e. The van der Waals surface area contributed by atoms with Gasteiger partial charge in [0.25, 0.3) is 0 Å². The molecule has 3 aromatic carbocycles. The van der Waals surface area contributed by atoms with Crippen LogP contribution >= 0.6 is 11.6 Å². The molecule has 4 rings (SSSR count). The van der Waals surface area contributed by atoms with Crippen LogP contribution < -0.4 is 0 Å². The second-order valence-corrected chi connectivity index (χ2v) is 9.22. The number of alkyl halides is 1. The molecular weight excluding hydrogens is 484 g/mol. The van der Waals surface area contributed by atoms with Gasteiger partial charge < -0.3 is 24.8 Å². The van der Waals surface area contributed by atoms with E-state index in [1.54, 1.807) is 60.7 Å². The molecule has 7 nitrogen and oxygen atoms in total. The van der Waals surface area contributed by atoms with Crippen molar-refractivity contribution in [2.75, 3.05) is 7.11 Å². The molecule has 8 heteroatoms. The summed E-state index contributed by atoms with van der Waals surface area (Å²) in [6, 6.07) is 24.4. The highest BCUT2D eigenvalue weighted by atomic mass is 35.5. The van der Waals surface area contributed by atoms with Crippen molar-refractivity contribution in [3.8, 4) is 0 Å². The number of methoxy groups -OCH3 is 1. The smallest absolute Gasteiger partial charge is 0.216 e. The molecule has 0 aliphatic carbocycles. The van der Waals surface area contributed by atoms with Crippen LogP contribution in [0.2, 0.25) is 0 Å². The van der Waals surface area contributed by atoms with Crippen LogP contribution in [0, 0.1) is 0 Å². The van der Waals surface area contributed by atoms with Crippen LogP contribution in [-0.2, 0) is 15.9 Å². The van der Waals surface area contributed by atoms with Crippen LogP contribution in [0.4, 0.5) is 0 Å². The number of halogens is 1. The van der Waals surface area contributed by atoms with Crippen LogP contribution in [0.3, 0.4) is 0 Å². The van der Waals surface area contributed by atoms with Crippen LogP contribution in [-0.4, -0.2) is 69.1 Å². The van der Waals surface area contributed by atoms with E-state index in [1.807, 2.05) is 6.07 Å². The molecule has 0 saturated carbocycles. The molecule has 3 N–H and O–H groups in total. The second-order valence-electron chi connectivity index (χ2n) is 8.75. The van der Waals surface area contributed by atoms with Crippen molar-refractivity contribution in [2.45, 2.75) is 41.5 Å². The van der Waals surface area contributed by atoms with E-state index in [0.29, 0.717) is 0 Å². The van der Waals surface area contributed by atoms with Gasteiger partial charge in [0.1, 0.15) is 11.5 Å². The summed E-state index contributed by atoms with van der Waals surface area (Å²) in [6.07, 6.45) is -4.43. The number of hydrogen-bond acceptors (Lipinski definition) is 7. The van der Waals surface area contributed by atoms with Gasteiger partial charge in [-0.1, -0.05) is 91.0 Å². The minimum atomic E-state index is -2.94. The Hall–Kier alpha value is -2.91. The van der Waals surface area contributed by atoms with E-state index < -0.39 is 46.6 Å². The number of ketones is 2. The zero-order chi connectivity index (χ0) is 25.9. The molecule has 1 unspecified atom stereocenters. The van der Waals surface area contributed by atoms with Gasteiger partial charge in [-0.3, -0.25) is 9.59 Å². The maximum absolute atomic E-state index is 13.8. The van der Waals surface area contributed by atoms with Gasteiger partial charge in [-0.05, 0) is 5.56 Å². The molecule has 188 valence electrons.